The summed E-state index contributed by atoms with van der Waals surface area (Å²) in [4.78, 5) is 1.22. The van der Waals surface area contributed by atoms with Crippen LogP contribution in [0.15, 0.2) is 24.3 Å². The van der Waals surface area contributed by atoms with Crippen molar-refractivity contribution in [2.45, 2.75) is 49.2 Å². The normalized spacial score (nSPS) is 14.8. The third-order valence-electron chi connectivity index (χ3n) is 2.68. The van der Waals surface area contributed by atoms with Gasteiger partial charge in [0.25, 0.3) is 0 Å². The van der Waals surface area contributed by atoms with Crippen molar-refractivity contribution in [2.75, 3.05) is 0 Å². The standard InChI is InChI=1S/C14H20Br2/c1-11(15)3-5-13-7-9-14(10-8-13)6-4-12(2)16/h7-12H,3-6H2,1-2H3/t11-,12-/m0/s1. The van der Waals surface area contributed by atoms with Crippen molar-refractivity contribution >= 4 is 31.9 Å². The molecule has 0 N–H and O–H groups in total. The molecule has 1 rings (SSSR count). The van der Waals surface area contributed by atoms with E-state index in [0.717, 1.165) is 0 Å². The van der Waals surface area contributed by atoms with Crippen LogP contribution in [0.5, 0.6) is 0 Å². The van der Waals surface area contributed by atoms with Gasteiger partial charge in [-0.1, -0.05) is 70.0 Å². The maximum Gasteiger partial charge on any atom is 0.0120 e. The average Bonchev–Trinajstić information content (AvgIpc) is 2.25. The lowest BCUT2D eigenvalue weighted by Gasteiger charge is -2.06. The second kappa shape index (κ2) is 7.50. The molecule has 0 aliphatic rings. The molecule has 0 heterocycles. The molecular weight excluding hydrogens is 328 g/mol. The van der Waals surface area contributed by atoms with Crippen molar-refractivity contribution in [1.29, 1.82) is 0 Å². The summed E-state index contributed by atoms with van der Waals surface area (Å²) >= 11 is 7.16. The Kier molecular flexibility index (Phi) is 6.67. The molecule has 0 nitrogen and oxygen atoms in total. The summed E-state index contributed by atoms with van der Waals surface area (Å²) in [6.45, 7) is 4.40. The highest BCUT2D eigenvalue weighted by atomic mass is 79.9. The second-order valence-electron chi connectivity index (χ2n) is 4.46. The maximum absolute atomic E-state index is 3.58. The largest absolute Gasteiger partial charge is 0.0894 e. The molecule has 90 valence electrons. The summed E-state index contributed by atoms with van der Waals surface area (Å²) in [6, 6.07) is 9.07. The molecule has 0 radical (unpaired) electrons. The van der Waals surface area contributed by atoms with Crippen LogP contribution in [0, 0.1) is 0 Å². The number of alkyl halides is 2. The number of hydrogen-bond acceptors (Lipinski definition) is 0. The van der Waals surface area contributed by atoms with Crippen LogP contribution in [0.2, 0.25) is 0 Å². The van der Waals surface area contributed by atoms with Crippen LogP contribution >= 0.6 is 31.9 Å². The fraction of sp³-hybridized carbons (Fsp3) is 0.571. The molecule has 1 aromatic carbocycles. The van der Waals surface area contributed by atoms with Crippen molar-refractivity contribution in [3.63, 3.8) is 0 Å². The predicted molar refractivity (Wildman–Crippen MR) is 79.9 cm³/mol. The van der Waals surface area contributed by atoms with E-state index >= 15 is 0 Å². The highest BCUT2D eigenvalue weighted by molar-refractivity contribution is 9.09. The van der Waals surface area contributed by atoms with Gasteiger partial charge in [-0.05, 0) is 36.8 Å². The van der Waals surface area contributed by atoms with Crippen LogP contribution in [0.4, 0.5) is 0 Å². The summed E-state index contributed by atoms with van der Waals surface area (Å²) in [5.41, 5.74) is 2.89. The maximum atomic E-state index is 3.58. The SMILES string of the molecule is C[C@H](Br)CCc1ccc(CC[C@H](C)Br)cc1. The third-order valence-corrected chi connectivity index (χ3v) is 3.60. The first-order valence-electron chi connectivity index (χ1n) is 5.94. The van der Waals surface area contributed by atoms with E-state index in [2.05, 4.69) is 70.0 Å². The topological polar surface area (TPSA) is 0 Å². The number of halogens is 2. The van der Waals surface area contributed by atoms with Gasteiger partial charge in [-0.15, -0.1) is 0 Å². The van der Waals surface area contributed by atoms with E-state index in [9.17, 15) is 0 Å². The number of rotatable bonds is 6. The van der Waals surface area contributed by atoms with Crippen LogP contribution in [-0.4, -0.2) is 9.65 Å². The van der Waals surface area contributed by atoms with Gasteiger partial charge in [-0.2, -0.15) is 0 Å². The zero-order valence-electron chi connectivity index (χ0n) is 10.0. The van der Waals surface area contributed by atoms with Crippen LogP contribution in [0.3, 0.4) is 0 Å². The Morgan fingerprint density at radius 1 is 0.812 bits per heavy atom. The van der Waals surface area contributed by atoms with Crippen molar-refractivity contribution in [1.82, 2.24) is 0 Å². The number of hydrogen-bond donors (Lipinski definition) is 0. The lowest BCUT2D eigenvalue weighted by Crippen LogP contribution is -1.96. The zero-order chi connectivity index (χ0) is 12.0. The summed E-state index contributed by atoms with van der Waals surface area (Å²) in [6.07, 6.45) is 4.75. The lowest BCUT2D eigenvalue weighted by molar-refractivity contribution is 0.811. The molecule has 0 unspecified atom stereocenters. The summed E-state index contributed by atoms with van der Waals surface area (Å²) in [5, 5.41) is 0. The predicted octanol–water partition coefficient (Wildman–Crippen LogP) is 5.12. The molecule has 1 aromatic rings. The smallest absolute Gasteiger partial charge is 0.0120 e. The van der Waals surface area contributed by atoms with E-state index in [4.69, 9.17) is 0 Å². The van der Waals surface area contributed by atoms with Gasteiger partial charge in [-0.25, -0.2) is 0 Å². The van der Waals surface area contributed by atoms with Gasteiger partial charge in [0.15, 0.2) is 0 Å². The Hall–Kier alpha value is 0.180. The molecule has 0 aliphatic carbocycles. The van der Waals surface area contributed by atoms with Gasteiger partial charge in [0.1, 0.15) is 0 Å². The Morgan fingerprint density at radius 2 is 1.12 bits per heavy atom. The molecule has 0 amide bonds. The minimum atomic E-state index is 0.612. The molecule has 0 spiro atoms. The molecule has 2 atom stereocenters. The second-order valence-corrected chi connectivity index (χ2v) is 7.58. The van der Waals surface area contributed by atoms with Gasteiger partial charge in [-0.3, -0.25) is 0 Å². The summed E-state index contributed by atoms with van der Waals surface area (Å²) < 4.78 is 0. The first kappa shape index (κ1) is 14.2. The minimum absolute atomic E-state index is 0.612. The molecule has 2 heteroatoms. The Morgan fingerprint density at radius 3 is 1.38 bits per heavy atom. The van der Waals surface area contributed by atoms with E-state index in [0.29, 0.717) is 9.65 Å². The molecule has 0 fully saturated rings. The van der Waals surface area contributed by atoms with Crippen LogP contribution in [0.25, 0.3) is 0 Å². The first-order chi connectivity index (χ1) is 7.58. The van der Waals surface area contributed by atoms with E-state index in [1.165, 1.54) is 36.8 Å². The van der Waals surface area contributed by atoms with E-state index in [1.54, 1.807) is 0 Å². The fourth-order valence-electron chi connectivity index (χ4n) is 1.60. The summed E-state index contributed by atoms with van der Waals surface area (Å²) in [7, 11) is 0. The van der Waals surface area contributed by atoms with Gasteiger partial charge in [0.2, 0.25) is 0 Å². The first-order valence-corrected chi connectivity index (χ1v) is 7.77. The Bertz CT molecular complexity index is 257. The van der Waals surface area contributed by atoms with Gasteiger partial charge < -0.3 is 0 Å². The van der Waals surface area contributed by atoms with Crippen molar-refractivity contribution in [2.24, 2.45) is 0 Å². The number of aryl methyl sites for hydroxylation is 2. The minimum Gasteiger partial charge on any atom is -0.0894 e. The van der Waals surface area contributed by atoms with E-state index < -0.39 is 0 Å². The lowest BCUT2D eigenvalue weighted by atomic mass is 10.0. The van der Waals surface area contributed by atoms with Gasteiger partial charge in [0.05, 0.1) is 0 Å². The zero-order valence-corrected chi connectivity index (χ0v) is 13.2. The van der Waals surface area contributed by atoms with Crippen LogP contribution in [-0.2, 0) is 12.8 Å². The molecule has 0 bridgehead atoms. The Balaban J connectivity index is 2.41. The van der Waals surface area contributed by atoms with Crippen molar-refractivity contribution in [3.8, 4) is 0 Å². The quantitative estimate of drug-likeness (QED) is 0.626. The van der Waals surface area contributed by atoms with E-state index in [-0.39, 0.29) is 0 Å². The Labute approximate surface area is 116 Å². The molecule has 0 saturated carbocycles. The highest BCUT2D eigenvalue weighted by Gasteiger charge is 2.00. The van der Waals surface area contributed by atoms with Gasteiger partial charge in [0, 0.05) is 9.65 Å². The third kappa shape index (κ3) is 6.05. The highest BCUT2D eigenvalue weighted by Crippen LogP contribution is 2.14. The van der Waals surface area contributed by atoms with Gasteiger partial charge >= 0.3 is 0 Å². The summed E-state index contributed by atoms with van der Waals surface area (Å²) in [5.74, 6) is 0. The molecule has 0 saturated heterocycles. The van der Waals surface area contributed by atoms with Crippen molar-refractivity contribution < 1.29 is 0 Å². The number of benzene rings is 1. The molecule has 0 aliphatic heterocycles. The average molecular weight is 348 g/mol. The fourth-order valence-corrected chi connectivity index (χ4v) is 2.06. The van der Waals surface area contributed by atoms with Crippen LogP contribution < -0.4 is 0 Å². The van der Waals surface area contributed by atoms with E-state index in [1.807, 2.05) is 0 Å². The molecular formula is C14H20Br2. The molecule has 0 aromatic heterocycles. The monoisotopic (exact) mass is 346 g/mol. The van der Waals surface area contributed by atoms with Crippen molar-refractivity contribution in [3.05, 3.63) is 35.4 Å². The van der Waals surface area contributed by atoms with Crippen LogP contribution in [0.1, 0.15) is 37.8 Å². The molecule has 16 heavy (non-hydrogen) atoms.